The van der Waals surface area contributed by atoms with E-state index in [1.165, 1.54) is 11.6 Å². The van der Waals surface area contributed by atoms with E-state index in [2.05, 4.69) is 6.07 Å². The number of aryl methyl sites for hydroxylation is 1. The standard InChI is InChI=1S/C18H17NO4/c1-13-4-2-5-14(10-13)12-19-9-3-6-15(19)7-8-16(20)11-17(21)18(22)23/h2-11,21H,12H2,1H3,(H,22,23)/b8-7+,17-11-. The second-order valence-corrected chi connectivity index (χ2v) is 5.12. The molecule has 1 aromatic heterocycles. The van der Waals surface area contributed by atoms with Gasteiger partial charge in [0, 0.05) is 24.5 Å². The summed E-state index contributed by atoms with van der Waals surface area (Å²) in [6, 6.07) is 11.9. The van der Waals surface area contributed by atoms with Gasteiger partial charge < -0.3 is 14.8 Å². The van der Waals surface area contributed by atoms with Crippen LogP contribution in [0.3, 0.4) is 0 Å². The van der Waals surface area contributed by atoms with E-state index in [0.29, 0.717) is 12.6 Å². The van der Waals surface area contributed by atoms with Gasteiger partial charge in [-0.3, -0.25) is 4.79 Å². The first-order chi connectivity index (χ1) is 11.0. The zero-order valence-electron chi connectivity index (χ0n) is 12.6. The number of ketones is 1. The topological polar surface area (TPSA) is 79.5 Å². The zero-order chi connectivity index (χ0) is 16.8. The predicted molar refractivity (Wildman–Crippen MR) is 87.1 cm³/mol. The summed E-state index contributed by atoms with van der Waals surface area (Å²) in [5.74, 6) is -3.10. The molecular formula is C18H17NO4. The van der Waals surface area contributed by atoms with Gasteiger partial charge in [-0.05, 0) is 36.8 Å². The fourth-order valence-electron chi connectivity index (χ4n) is 2.14. The van der Waals surface area contributed by atoms with Gasteiger partial charge in [0.05, 0.1) is 0 Å². The van der Waals surface area contributed by atoms with Crippen molar-refractivity contribution in [1.82, 2.24) is 4.57 Å². The summed E-state index contributed by atoms with van der Waals surface area (Å²) >= 11 is 0. The van der Waals surface area contributed by atoms with Crippen LogP contribution >= 0.6 is 0 Å². The number of hydrogen-bond acceptors (Lipinski definition) is 3. The number of carbonyl (C=O) groups is 2. The molecule has 2 aromatic rings. The molecule has 0 aliphatic rings. The number of rotatable bonds is 6. The molecule has 5 heteroatoms. The number of hydrogen-bond donors (Lipinski definition) is 2. The Bertz CT molecular complexity index is 784. The zero-order valence-corrected chi connectivity index (χ0v) is 12.6. The summed E-state index contributed by atoms with van der Waals surface area (Å²) < 4.78 is 1.97. The van der Waals surface area contributed by atoms with Crippen LogP contribution in [-0.2, 0) is 16.1 Å². The lowest BCUT2D eigenvalue weighted by Crippen LogP contribution is -2.02. The molecule has 2 N–H and O–H groups in total. The average Bonchev–Trinajstić information content (AvgIpc) is 2.92. The van der Waals surface area contributed by atoms with E-state index in [1.54, 1.807) is 6.08 Å². The molecule has 0 saturated carbocycles. The maximum absolute atomic E-state index is 11.6. The molecule has 0 fully saturated rings. The van der Waals surface area contributed by atoms with Crippen molar-refractivity contribution < 1.29 is 19.8 Å². The van der Waals surface area contributed by atoms with E-state index >= 15 is 0 Å². The molecule has 0 bridgehead atoms. The summed E-state index contributed by atoms with van der Waals surface area (Å²) in [6.45, 7) is 2.69. The lowest BCUT2D eigenvalue weighted by Gasteiger charge is -2.07. The highest BCUT2D eigenvalue weighted by Crippen LogP contribution is 2.11. The predicted octanol–water partition coefficient (Wildman–Crippen LogP) is 2.95. The minimum absolute atomic E-state index is 0.590. The monoisotopic (exact) mass is 311 g/mol. The van der Waals surface area contributed by atoms with Crippen molar-refractivity contribution in [2.45, 2.75) is 13.5 Å². The molecule has 1 aromatic carbocycles. The van der Waals surface area contributed by atoms with Gasteiger partial charge >= 0.3 is 5.97 Å². The smallest absolute Gasteiger partial charge is 0.371 e. The van der Waals surface area contributed by atoms with Gasteiger partial charge in [0.25, 0.3) is 0 Å². The number of aliphatic hydroxyl groups excluding tert-OH is 1. The Hall–Kier alpha value is -3.08. The SMILES string of the molecule is Cc1cccc(Cn2cccc2/C=C/C(=O)/C=C(\O)C(=O)O)c1. The van der Waals surface area contributed by atoms with Crippen LogP contribution in [0.4, 0.5) is 0 Å². The highest BCUT2D eigenvalue weighted by atomic mass is 16.4. The average molecular weight is 311 g/mol. The quantitative estimate of drug-likeness (QED) is 0.635. The summed E-state index contributed by atoms with van der Waals surface area (Å²) in [7, 11) is 0. The van der Waals surface area contributed by atoms with Crippen molar-refractivity contribution in [2.75, 3.05) is 0 Å². The molecule has 1 heterocycles. The molecule has 2 rings (SSSR count). The largest absolute Gasteiger partial charge is 0.502 e. The van der Waals surface area contributed by atoms with Crippen LogP contribution in [0.25, 0.3) is 6.08 Å². The Morgan fingerprint density at radius 2 is 1.96 bits per heavy atom. The number of carboxylic acids is 1. The Balaban J connectivity index is 2.12. The minimum atomic E-state index is -1.53. The van der Waals surface area contributed by atoms with E-state index < -0.39 is 17.5 Å². The van der Waals surface area contributed by atoms with Crippen molar-refractivity contribution >= 4 is 17.8 Å². The third-order valence-electron chi connectivity index (χ3n) is 3.22. The Kier molecular flexibility index (Phi) is 5.15. The summed E-state index contributed by atoms with van der Waals surface area (Å²) in [5, 5.41) is 17.5. The second kappa shape index (κ2) is 7.26. The van der Waals surface area contributed by atoms with Gasteiger partial charge in [-0.25, -0.2) is 4.79 Å². The van der Waals surface area contributed by atoms with Crippen LogP contribution in [0.2, 0.25) is 0 Å². The number of benzene rings is 1. The van der Waals surface area contributed by atoms with E-state index in [4.69, 9.17) is 10.2 Å². The second-order valence-electron chi connectivity index (χ2n) is 5.12. The summed E-state index contributed by atoms with van der Waals surface area (Å²) in [4.78, 5) is 22.0. The number of aromatic nitrogens is 1. The van der Waals surface area contributed by atoms with E-state index in [-0.39, 0.29) is 0 Å². The number of allylic oxidation sites excluding steroid dienone is 2. The molecule has 0 atom stereocenters. The van der Waals surface area contributed by atoms with Crippen LogP contribution in [0, 0.1) is 6.92 Å². The molecule has 23 heavy (non-hydrogen) atoms. The molecule has 0 radical (unpaired) electrons. The van der Waals surface area contributed by atoms with Gasteiger partial charge in [-0.2, -0.15) is 0 Å². The molecule has 0 aliphatic heterocycles. The van der Waals surface area contributed by atoms with Crippen LogP contribution in [-0.4, -0.2) is 26.5 Å². The van der Waals surface area contributed by atoms with Crippen LogP contribution in [0.1, 0.15) is 16.8 Å². The first-order valence-corrected chi connectivity index (χ1v) is 7.02. The van der Waals surface area contributed by atoms with Gasteiger partial charge in [0.2, 0.25) is 5.76 Å². The molecule has 118 valence electrons. The highest BCUT2D eigenvalue weighted by molar-refractivity contribution is 6.05. The first-order valence-electron chi connectivity index (χ1n) is 7.02. The van der Waals surface area contributed by atoms with Crippen molar-refractivity contribution in [3.63, 3.8) is 0 Å². The number of nitrogens with zero attached hydrogens (tertiary/aromatic N) is 1. The van der Waals surface area contributed by atoms with Gasteiger partial charge in [-0.15, -0.1) is 0 Å². The summed E-state index contributed by atoms with van der Waals surface area (Å²) in [5.41, 5.74) is 3.13. The van der Waals surface area contributed by atoms with Crippen molar-refractivity contribution in [3.05, 3.63) is 77.3 Å². The maximum atomic E-state index is 11.6. The molecule has 0 unspecified atom stereocenters. The number of carbonyl (C=O) groups excluding carboxylic acids is 1. The molecule has 0 saturated heterocycles. The third kappa shape index (κ3) is 4.71. The number of carboxylic acid groups (broad SMARTS) is 1. The minimum Gasteiger partial charge on any atom is -0.502 e. The van der Waals surface area contributed by atoms with Crippen molar-refractivity contribution in [1.29, 1.82) is 0 Å². The van der Waals surface area contributed by atoms with Crippen molar-refractivity contribution in [2.24, 2.45) is 0 Å². The molecule has 0 spiro atoms. The van der Waals surface area contributed by atoms with E-state index in [1.807, 2.05) is 48.0 Å². The van der Waals surface area contributed by atoms with Crippen LogP contribution in [0.15, 0.2) is 60.5 Å². The van der Waals surface area contributed by atoms with Crippen LogP contribution < -0.4 is 0 Å². The number of aliphatic carboxylic acids is 1. The van der Waals surface area contributed by atoms with E-state index in [9.17, 15) is 9.59 Å². The van der Waals surface area contributed by atoms with Gasteiger partial charge in [0.15, 0.2) is 5.78 Å². The van der Waals surface area contributed by atoms with Crippen molar-refractivity contribution in [3.8, 4) is 0 Å². The first kappa shape index (κ1) is 16.3. The Morgan fingerprint density at radius 3 is 2.65 bits per heavy atom. The fraction of sp³-hybridized carbons (Fsp3) is 0.111. The highest BCUT2D eigenvalue weighted by Gasteiger charge is 2.05. The molecule has 0 amide bonds. The fourth-order valence-corrected chi connectivity index (χ4v) is 2.14. The van der Waals surface area contributed by atoms with Gasteiger partial charge in [-0.1, -0.05) is 29.8 Å². The lowest BCUT2D eigenvalue weighted by atomic mass is 10.1. The van der Waals surface area contributed by atoms with Crippen LogP contribution in [0.5, 0.6) is 0 Å². The lowest BCUT2D eigenvalue weighted by molar-refractivity contribution is -0.135. The molecule has 0 aliphatic carbocycles. The number of aliphatic hydroxyl groups is 1. The van der Waals surface area contributed by atoms with Gasteiger partial charge in [0.1, 0.15) is 0 Å². The maximum Gasteiger partial charge on any atom is 0.371 e. The summed E-state index contributed by atoms with van der Waals surface area (Å²) in [6.07, 6.45) is 5.38. The Labute approximate surface area is 133 Å². The Morgan fingerprint density at radius 1 is 1.17 bits per heavy atom. The van der Waals surface area contributed by atoms with E-state index in [0.717, 1.165) is 11.3 Å². The molecular weight excluding hydrogens is 294 g/mol. The third-order valence-corrected chi connectivity index (χ3v) is 3.22. The molecule has 5 nitrogen and oxygen atoms in total. The normalized spacial score (nSPS) is 11.8.